The summed E-state index contributed by atoms with van der Waals surface area (Å²) in [5, 5.41) is 9.80. The molecule has 1 aromatic carbocycles. The predicted molar refractivity (Wildman–Crippen MR) is 112 cm³/mol. The molecule has 3 rings (SSSR count). The van der Waals surface area contributed by atoms with E-state index in [9.17, 15) is 9.90 Å². The summed E-state index contributed by atoms with van der Waals surface area (Å²) in [5.41, 5.74) is -0.504. The molecule has 0 unspecified atom stereocenters. The lowest BCUT2D eigenvalue weighted by atomic mass is 9.62. The summed E-state index contributed by atoms with van der Waals surface area (Å²) < 4.78 is 6.72. The van der Waals surface area contributed by atoms with Gasteiger partial charge in [-0.2, -0.15) is 0 Å². The van der Waals surface area contributed by atoms with E-state index in [0.717, 1.165) is 12.8 Å². The Morgan fingerprint density at radius 2 is 1.81 bits per heavy atom. The normalized spacial score (nSPS) is 34.4. The highest BCUT2D eigenvalue weighted by molar-refractivity contribution is 6.70. The van der Waals surface area contributed by atoms with Crippen LogP contribution in [0.4, 0.5) is 0 Å². The smallest absolute Gasteiger partial charge is 0.185 e. The molecule has 0 spiro atoms. The molecular weight excluding hydrogens is 376 g/mol. The molecule has 0 amide bonds. The molecule has 2 aliphatic rings. The number of rotatable bonds is 6. The maximum absolute atomic E-state index is 13.8. The van der Waals surface area contributed by atoms with Crippen LogP contribution in [-0.4, -0.2) is 30.2 Å². The molecule has 150 valence electrons. The van der Waals surface area contributed by atoms with Gasteiger partial charge in [0.2, 0.25) is 0 Å². The van der Waals surface area contributed by atoms with E-state index in [0.29, 0.717) is 17.9 Å². The van der Waals surface area contributed by atoms with E-state index in [-0.39, 0.29) is 16.6 Å². The van der Waals surface area contributed by atoms with E-state index in [2.05, 4.69) is 40.4 Å². The van der Waals surface area contributed by atoms with Crippen LogP contribution in [0.5, 0.6) is 0 Å². The summed E-state index contributed by atoms with van der Waals surface area (Å²) >= 11 is 6.64. The van der Waals surface area contributed by atoms with Crippen molar-refractivity contribution in [2.45, 2.75) is 76.8 Å². The fourth-order valence-corrected chi connectivity index (χ4v) is 7.31. The molecule has 2 fully saturated rings. The molecule has 2 aliphatic carbocycles. The lowest BCUT2D eigenvalue weighted by Gasteiger charge is -2.51. The van der Waals surface area contributed by atoms with Crippen LogP contribution in [0.2, 0.25) is 19.6 Å². The van der Waals surface area contributed by atoms with Crippen LogP contribution < -0.4 is 0 Å². The maximum Gasteiger partial charge on any atom is 0.185 e. The second-order valence-electron chi connectivity index (χ2n) is 10.2. The highest BCUT2D eigenvalue weighted by Gasteiger charge is 2.73. The molecule has 1 aromatic rings. The van der Waals surface area contributed by atoms with E-state index < -0.39 is 25.4 Å². The van der Waals surface area contributed by atoms with Crippen LogP contribution in [0.25, 0.3) is 0 Å². The van der Waals surface area contributed by atoms with Crippen molar-refractivity contribution < 1.29 is 14.3 Å². The number of carbonyl (C=O) groups is 1. The van der Waals surface area contributed by atoms with E-state index in [1.54, 1.807) is 0 Å². The van der Waals surface area contributed by atoms with Crippen molar-refractivity contribution >= 4 is 25.7 Å². The lowest BCUT2D eigenvalue weighted by Crippen LogP contribution is -2.61. The van der Waals surface area contributed by atoms with Crippen LogP contribution in [0.15, 0.2) is 30.3 Å². The number of fused-ring (bicyclic) bond motifs is 2. The summed E-state index contributed by atoms with van der Waals surface area (Å²) in [6.07, 6.45) is 1.77. The van der Waals surface area contributed by atoms with Gasteiger partial charge in [-0.25, -0.2) is 0 Å². The number of ketones is 1. The molecule has 2 bridgehead atoms. The van der Waals surface area contributed by atoms with Crippen LogP contribution in [0.3, 0.4) is 0 Å². The molecule has 0 heterocycles. The number of Topliss-reactive ketones (excluding diaryl/α,β-unsaturated/α-hetero) is 1. The van der Waals surface area contributed by atoms with Crippen molar-refractivity contribution in [3.63, 3.8) is 0 Å². The number of benzene rings is 1. The van der Waals surface area contributed by atoms with Crippen molar-refractivity contribution in [1.82, 2.24) is 0 Å². The molecule has 5 heteroatoms. The average molecular weight is 409 g/mol. The summed E-state index contributed by atoms with van der Waals surface area (Å²) in [6, 6.07) is 9.21. The van der Waals surface area contributed by atoms with E-state index in [1.807, 2.05) is 30.3 Å². The number of aliphatic hydroxyl groups excluding tert-OH is 1. The largest absolute Gasteiger partial charge is 0.404 e. The van der Waals surface area contributed by atoms with Crippen LogP contribution in [-0.2, 0) is 9.22 Å². The first-order valence-electron chi connectivity index (χ1n) is 9.97. The highest BCUT2D eigenvalue weighted by Crippen LogP contribution is 2.71. The van der Waals surface area contributed by atoms with Crippen molar-refractivity contribution in [1.29, 1.82) is 0 Å². The third-order valence-corrected chi connectivity index (χ3v) is 8.81. The van der Waals surface area contributed by atoms with Gasteiger partial charge in [-0.05, 0) is 55.8 Å². The van der Waals surface area contributed by atoms with Gasteiger partial charge in [-0.15, -0.1) is 11.6 Å². The Labute approximate surface area is 169 Å². The van der Waals surface area contributed by atoms with Gasteiger partial charge in [0.15, 0.2) is 14.1 Å². The monoisotopic (exact) mass is 408 g/mol. The van der Waals surface area contributed by atoms with E-state index >= 15 is 0 Å². The molecule has 5 atom stereocenters. The molecule has 0 aromatic heterocycles. The van der Waals surface area contributed by atoms with Crippen molar-refractivity contribution in [2.24, 2.45) is 16.7 Å². The fraction of sp³-hybridized carbons (Fsp3) is 0.682. The highest BCUT2D eigenvalue weighted by atomic mass is 35.5. The Kier molecular flexibility index (Phi) is 5.21. The summed E-state index contributed by atoms with van der Waals surface area (Å²) in [7, 11) is -2.03. The number of aliphatic hydroxyl groups is 1. The summed E-state index contributed by atoms with van der Waals surface area (Å²) in [5.74, 6) is 0.307. The molecule has 0 radical (unpaired) electrons. The minimum atomic E-state index is -2.03. The molecule has 27 heavy (non-hydrogen) atoms. The first kappa shape index (κ1) is 21.0. The average Bonchev–Trinajstić information content (AvgIpc) is 2.91. The Bertz CT molecular complexity index is 714. The Hall–Kier alpha value is -0.683. The molecule has 3 nitrogen and oxygen atoms in total. The number of halogens is 1. The van der Waals surface area contributed by atoms with Gasteiger partial charge in [0.1, 0.15) is 17.1 Å². The number of alkyl halides is 1. The van der Waals surface area contributed by atoms with Crippen molar-refractivity contribution in [2.75, 3.05) is 0 Å². The Balaban J connectivity index is 2.01. The van der Waals surface area contributed by atoms with Gasteiger partial charge >= 0.3 is 0 Å². The van der Waals surface area contributed by atoms with Crippen LogP contribution >= 0.6 is 11.6 Å². The second-order valence-corrected chi connectivity index (χ2v) is 15.1. The van der Waals surface area contributed by atoms with Crippen molar-refractivity contribution in [3.8, 4) is 0 Å². The Morgan fingerprint density at radius 1 is 1.22 bits per heavy atom. The van der Waals surface area contributed by atoms with E-state index in [1.165, 1.54) is 0 Å². The second kappa shape index (κ2) is 6.69. The zero-order valence-electron chi connectivity index (χ0n) is 17.4. The minimum Gasteiger partial charge on any atom is -0.404 e. The fourth-order valence-electron chi connectivity index (χ4n) is 5.53. The number of hydrogen-bond donors (Lipinski definition) is 1. The zero-order valence-corrected chi connectivity index (χ0v) is 19.1. The maximum atomic E-state index is 13.8. The topological polar surface area (TPSA) is 46.5 Å². The summed E-state index contributed by atoms with van der Waals surface area (Å²) in [4.78, 5) is 13.8. The third-order valence-electron chi connectivity index (χ3n) is 7.41. The lowest BCUT2D eigenvalue weighted by molar-refractivity contribution is -0.153. The van der Waals surface area contributed by atoms with Crippen LogP contribution in [0, 0.1) is 16.7 Å². The molecule has 0 saturated heterocycles. The Morgan fingerprint density at radius 3 is 2.26 bits per heavy atom. The van der Waals surface area contributed by atoms with Gasteiger partial charge < -0.3 is 9.53 Å². The first-order chi connectivity index (χ1) is 12.4. The van der Waals surface area contributed by atoms with Gasteiger partial charge in [0, 0.05) is 5.41 Å². The van der Waals surface area contributed by atoms with Gasteiger partial charge in [-0.1, -0.05) is 51.1 Å². The third kappa shape index (κ3) is 3.13. The SMILES string of the molecule is CC1(C)[C@@H]2CC[C@@]1(C)[C@@](O[Si](C)(C)C)(C(=O)[C@H](Cl)[C@@H](O)c1ccccc1)C2. The minimum absolute atomic E-state index is 0.0105. The van der Waals surface area contributed by atoms with Gasteiger partial charge in [0.05, 0.1) is 0 Å². The quantitative estimate of drug-likeness (QED) is 0.510. The standard InChI is InChI=1S/C22H33ClO3Si/c1-20(2)16-12-13-21(20,3)22(14-16,26-27(4,5)6)19(25)17(23)18(24)15-10-8-7-9-11-15/h7-11,16-18,24H,12-14H2,1-6H3/t16-,17-,18+,21-,22+/m1/s1. The predicted octanol–water partition coefficient (Wildman–Crippen LogP) is 5.33. The van der Waals surface area contributed by atoms with Crippen LogP contribution in [0.1, 0.15) is 51.7 Å². The van der Waals surface area contributed by atoms with Gasteiger partial charge in [-0.3, -0.25) is 4.79 Å². The van der Waals surface area contributed by atoms with Gasteiger partial charge in [0.25, 0.3) is 0 Å². The number of hydrogen-bond acceptors (Lipinski definition) is 3. The first-order valence-corrected chi connectivity index (χ1v) is 13.8. The zero-order chi connectivity index (χ0) is 20.3. The summed E-state index contributed by atoms with van der Waals surface area (Å²) in [6.45, 7) is 13.1. The molecular formula is C22H33ClO3Si. The molecule has 2 saturated carbocycles. The number of carbonyl (C=O) groups excluding carboxylic acids is 1. The molecule has 0 aliphatic heterocycles. The van der Waals surface area contributed by atoms with E-state index in [4.69, 9.17) is 16.0 Å². The molecule has 1 N–H and O–H groups in total. The van der Waals surface area contributed by atoms with Crippen molar-refractivity contribution in [3.05, 3.63) is 35.9 Å².